The molecule has 0 fully saturated rings. The lowest BCUT2D eigenvalue weighted by Gasteiger charge is -2.34. The van der Waals surface area contributed by atoms with Crippen molar-refractivity contribution in [1.29, 1.82) is 0 Å². The Balaban J connectivity index is 2.08. The molecular weight excluding hydrogens is 530 g/mol. The lowest BCUT2D eigenvalue weighted by Crippen LogP contribution is -2.53. The van der Waals surface area contributed by atoms with E-state index >= 15 is 0 Å². The Morgan fingerprint density at radius 2 is 1.60 bits per heavy atom. The van der Waals surface area contributed by atoms with Gasteiger partial charge in [-0.05, 0) is 76.4 Å². The van der Waals surface area contributed by atoms with E-state index in [0.29, 0.717) is 16.8 Å². The van der Waals surface area contributed by atoms with Crippen LogP contribution in [0.5, 0.6) is 5.75 Å². The van der Waals surface area contributed by atoms with Crippen LogP contribution < -0.4 is 10.6 Å². The third-order valence-electron chi connectivity index (χ3n) is 6.50. The Bertz CT molecular complexity index is 1410. The van der Waals surface area contributed by atoms with Crippen LogP contribution in [0.25, 0.3) is 0 Å². The van der Waals surface area contributed by atoms with Crippen LogP contribution >= 0.6 is 0 Å². The fraction of sp³-hybridized carbons (Fsp3) is 0.324. The number of hydrogen-bond donors (Lipinski definition) is 3. The number of para-hydroxylation sites is 1. The predicted octanol–water partition coefficient (Wildman–Crippen LogP) is 6.15. The monoisotopic (exact) mass is 571 g/mol. The molecule has 0 aliphatic heterocycles. The summed E-state index contributed by atoms with van der Waals surface area (Å²) in [6, 6.07) is 17.5. The number of rotatable bonds is 10. The average molecular weight is 572 g/mol. The number of benzene rings is 3. The standard InChI is InChI=1S/C34H41N3O5/c1-8-17-37(32(40)29(36-33(41)42-34(5,6)7)21-25-13-15-27(38)16-14-25)30(26-19-22(2)18-23(3)20-26)31(39)35-28-12-10-9-11-24(28)4/h8-16,18-20,29-30,38H,1,17,21H2,2-7H3,(H,35,39)(H,36,41). The van der Waals surface area contributed by atoms with Gasteiger partial charge in [0.15, 0.2) is 0 Å². The number of alkyl carbamates (subject to hydrolysis) is 1. The molecule has 42 heavy (non-hydrogen) atoms. The molecule has 0 aliphatic carbocycles. The van der Waals surface area contributed by atoms with Crippen molar-refractivity contribution in [2.45, 2.75) is 65.6 Å². The molecule has 3 amide bonds. The second kappa shape index (κ2) is 13.9. The van der Waals surface area contributed by atoms with Gasteiger partial charge in [0, 0.05) is 18.7 Å². The third-order valence-corrected chi connectivity index (χ3v) is 6.50. The van der Waals surface area contributed by atoms with E-state index in [9.17, 15) is 19.5 Å². The molecule has 0 saturated heterocycles. The maximum Gasteiger partial charge on any atom is 0.408 e. The minimum atomic E-state index is -1.08. The van der Waals surface area contributed by atoms with Gasteiger partial charge in [-0.1, -0.05) is 65.7 Å². The summed E-state index contributed by atoms with van der Waals surface area (Å²) in [5.41, 5.74) is 3.95. The summed E-state index contributed by atoms with van der Waals surface area (Å²) in [5.74, 6) is -0.805. The van der Waals surface area contributed by atoms with Crippen LogP contribution in [0.1, 0.15) is 54.6 Å². The van der Waals surface area contributed by atoms with E-state index in [1.165, 1.54) is 17.0 Å². The third kappa shape index (κ3) is 8.96. The van der Waals surface area contributed by atoms with Gasteiger partial charge in [0.1, 0.15) is 23.4 Å². The SMILES string of the molecule is C=CCN(C(=O)C(Cc1ccc(O)cc1)NC(=O)OC(C)(C)C)C(C(=O)Nc1ccccc1C)c1cc(C)cc(C)c1. The molecule has 0 heterocycles. The fourth-order valence-electron chi connectivity index (χ4n) is 4.73. The minimum Gasteiger partial charge on any atom is -0.508 e. The first kappa shape index (κ1) is 31.9. The summed E-state index contributed by atoms with van der Waals surface area (Å²) in [5, 5.41) is 15.5. The second-order valence-electron chi connectivity index (χ2n) is 11.5. The van der Waals surface area contributed by atoms with Crippen LogP contribution in [-0.4, -0.2) is 46.1 Å². The van der Waals surface area contributed by atoms with Crippen molar-refractivity contribution in [3.63, 3.8) is 0 Å². The molecule has 3 rings (SSSR count). The second-order valence-corrected chi connectivity index (χ2v) is 11.5. The Hall–Kier alpha value is -4.59. The molecule has 0 radical (unpaired) electrons. The molecule has 8 heteroatoms. The van der Waals surface area contributed by atoms with Crippen molar-refractivity contribution in [1.82, 2.24) is 10.2 Å². The predicted molar refractivity (Wildman–Crippen MR) is 165 cm³/mol. The van der Waals surface area contributed by atoms with E-state index in [1.54, 1.807) is 39.0 Å². The smallest absolute Gasteiger partial charge is 0.408 e. The van der Waals surface area contributed by atoms with Gasteiger partial charge >= 0.3 is 6.09 Å². The number of nitrogens with one attached hydrogen (secondary N) is 2. The molecule has 0 aromatic heterocycles. The first-order valence-electron chi connectivity index (χ1n) is 13.9. The van der Waals surface area contributed by atoms with E-state index in [1.807, 2.05) is 63.2 Å². The van der Waals surface area contributed by atoms with Crippen LogP contribution in [0, 0.1) is 20.8 Å². The Kier molecular flexibility index (Phi) is 10.5. The molecule has 3 aromatic rings. The summed E-state index contributed by atoms with van der Waals surface area (Å²) in [7, 11) is 0. The summed E-state index contributed by atoms with van der Waals surface area (Å²) in [6.07, 6.45) is 0.899. The Morgan fingerprint density at radius 3 is 2.17 bits per heavy atom. The number of phenolic OH excluding ortho intramolecular Hbond substituents is 1. The molecule has 3 aromatic carbocycles. The number of nitrogens with zero attached hydrogens (tertiary/aromatic N) is 1. The van der Waals surface area contributed by atoms with Gasteiger partial charge in [0.25, 0.3) is 5.91 Å². The number of ether oxygens (including phenoxy) is 1. The zero-order chi connectivity index (χ0) is 31.0. The van der Waals surface area contributed by atoms with Gasteiger partial charge in [-0.2, -0.15) is 0 Å². The molecule has 222 valence electrons. The normalized spacial score (nSPS) is 12.5. The maximum atomic E-state index is 14.4. The van der Waals surface area contributed by atoms with Crippen LogP contribution in [0.4, 0.5) is 10.5 Å². The molecule has 2 atom stereocenters. The largest absolute Gasteiger partial charge is 0.508 e. The van der Waals surface area contributed by atoms with Gasteiger partial charge < -0.3 is 25.4 Å². The highest BCUT2D eigenvalue weighted by molar-refractivity contribution is 5.99. The van der Waals surface area contributed by atoms with Crippen molar-refractivity contribution in [3.05, 3.63) is 107 Å². The van der Waals surface area contributed by atoms with Gasteiger partial charge in [0.2, 0.25) is 5.91 Å². The Morgan fingerprint density at radius 1 is 0.976 bits per heavy atom. The van der Waals surface area contributed by atoms with Crippen molar-refractivity contribution in [3.8, 4) is 5.75 Å². The topological polar surface area (TPSA) is 108 Å². The van der Waals surface area contributed by atoms with Gasteiger partial charge in [-0.3, -0.25) is 9.59 Å². The van der Waals surface area contributed by atoms with Crippen molar-refractivity contribution >= 4 is 23.6 Å². The highest BCUT2D eigenvalue weighted by Gasteiger charge is 2.36. The van der Waals surface area contributed by atoms with Gasteiger partial charge in [-0.25, -0.2) is 4.79 Å². The van der Waals surface area contributed by atoms with Crippen LogP contribution in [0.15, 0.2) is 79.4 Å². The molecule has 0 saturated carbocycles. The summed E-state index contributed by atoms with van der Waals surface area (Å²) >= 11 is 0. The van der Waals surface area contributed by atoms with Crippen LogP contribution in [0.3, 0.4) is 0 Å². The Labute approximate surface area is 248 Å². The maximum absolute atomic E-state index is 14.4. The van der Waals surface area contributed by atoms with E-state index < -0.39 is 35.6 Å². The summed E-state index contributed by atoms with van der Waals surface area (Å²) in [4.78, 5) is 42.8. The molecule has 3 N–H and O–H groups in total. The van der Waals surface area contributed by atoms with Crippen molar-refractivity contribution in [2.75, 3.05) is 11.9 Å². The van der Waals surface area contributed by atoms with E-state index in [4.69, 9.17) is 4.74 Å². The van der Waals surface area contributed by atoms with E-state index in [0.717, 1.165) is 16.7 Å². The van der Waals surface area contributed by atoms with E-state index in [-0.39, 0.29) is 18.7 Å². The lowest BCUT2D eigenvalue weighted by atomic mass is 9.97. The van der Waals surface area contributed by atoms with Crippen LogP contribution in [0.2, 0.25) is 0 Å². The summed E-state index contributed by atoms with van der Waals surface area (Å²) < 4.78 is 5.47. The number of aromatic hydroxyl groups is 1. The highest BCUT2D eigenvalue weighted by Crippen LogP contribution is 2.28. The van der Waals surface area contributed by atoms with Gasteiger partial charge in [0.05, 0.1) is 0 Å². The molecular formula is C34H41N3O5. The highest BCUT2D eigenvalue weighted by atomic mass is 16.6. The number of amides is 3. The number of anilines is 1. The average Bonchev–Trinajstić information content (AvgIpc) is 2.88. The number of carbonyl (C=O) groups is 3. The van der Waals surface area contributed by atoms with Crippen LogP contribution in [-0.2, 0) is 20.7 Å². The minimum absolute atomic E-state index is 0.0414. The molecule has 2 unspecified atom stereocenters. The molecule has 8 nitrogen and oxygen atoms in total. The number of carbonyl (C=O) groups excluding carboxylic acids is 3. The number of aryl methyl sites for hydroxylation is 3. The van der Waals surface area contributed by atoms with Gasteiger partial charge in [-0.15, -0.1) is 6.58 Å². The first-order chi connectivity index (χ1) is 19.8. The van der Waals surface area contributed by atoms with Crippen molar-refractivity contribution < 1.29 is 24.2 Å². The molecule has 0 bridgehead atoms. The lowest BCUT2D eigenvalue weighted by molar-refractivity contribution is -0.140. The molecule has 0 aliphatic rings. The van der Waals surface area contributed by atoms with E-state index in [2.05, 4.69) is 17.2 Å². The number of hydrogen-bond acceptors (Lipinski definition) is 5. The summed E-state index contributed by atoms with van der Waals surface area (Å²) in [6.45, 7) is 14.9. The fourth-order valence-corrected chi connectivity index (χ4v) is 4.73. The zero-order valence-electron chi connectivity index (χ0n) is 25.2. The quantitative estimate of drug-likeness (QED) is 0.253. The first-order valence-corrected chi connectivity index (χ1v) is 13.9. The van der Waals surface area contributed by atoms with Crippen molar-refractivity contribution in [2.24, 2.45) is 0 Å². The number of phenols is 1. The zero-order valence-corrected chi connectivity index (χ0v) is 25.2. The molecule has 0 spiro atoms.